The zero-order chi connectivity index (χ0) is 18.2. The molecule has 1 aliphatic rings. The van der Waals surface area contributed by atoms with Gasteiger partial charge >= 0.3 is 6.03 Å². The number of rotatable bonds is 7. The Balaban J connectivity index is 1.77. The monoisotopic (exact) mass is 344 g/mol. The lowest BCUT2D eigenvalue weighted by Gasteiger charge is -2.30. The minimum Gasteiger partial charge on any atom is -0.398 e. The van der Waals surface area contributed by atoms with Crippen LogP contribution in [-0.4, -0.2) is 23.8 Å². The molecule has 1 aromatic rings. The maximum absolute atomic E-state index is 12.1. The van der Waals surface area contributed by atoms with E-state index in [2.05, 4.69) is 24.5 Å². The summed E-state index contributed by atoms with van der Waals surface area (Å²) in [4.78, 5) is 12.1. The van der Waals surface area contributed by atoms with Gasteiger partial charge in [-0.1, -0.05) is 38.0 Å². The highest BCUT2D eigenvalue weighted by Gasteiger charge is 2.26. The molecular formula is C20H32N4O. The van der Waals surface area contributed by atoms with Crippen LogP contribution in [0.4, 0.5) is 10.5 Å². The highest BCUT2D eigenvalue weighted by molar-refractivity contribution is 6.04. The van der Waals surface area contributed by atoms with E-state index in [1.807, 2.05) is 24.3 Å². The number of amides is 2. The first-order valence-corrected chi connectivity index (χ1v) is 9.51. The average Bonchev–Trinajstić information content (AvgIpc) is 2.60. The molecule has 0 heterocycles. The maximum Gasteiger partial charge on any atom is 0.315 e. The number of para-hydroxylation sites is 1. The number of nitrogens with two attached hydrogens (primary N) is 1. The number of anilines is 1. The van der Waals surface area contributed by atoms with Gasteiger partial charge < -0.3 is 21.8 Å². The van der Waals surface area contributed by atoms with Crippen LogP contribution in [0.1, 0.15) is 64.4 Å². The molecule has 0 radical (unpaired) electrons. The number of nitrogens with one attached hydrogen (secondary N) is 3. The Kier molecular flexibility index (Phi) is 7.29. The van der Waals surface area contributed by atoms with Crippen LogP contribution < -0.4 is 16.4 Å². The molecule has 0 bridgehead atoms. The third-order valence-electron chi connectivity index (χ3n) is 5.09. The lowest BCUT2D eigenvalue weighted by molar-refractivity contribution is 0.227. The molecule has 2 amide bonds. The third kappa shape index (κ3) is 5.76. The topological polar surface area (TPSA) is 91.0 Å². The van der Waals surface area contributed by atoms with Gasteiger partial charge in [-0.2, -0.15) is 0 Å². The first-order chi connectivity index (χ1) is 12.0. The lowest BCUT2D eigenvalue weighted by Crippen LogP contribution is -2.46. The molecule has 5 heteroatoms. The van der Waals surface area contributed by atoms with Crippen LogP contribution >= 0.6 is 0 Å². The molecule has 5 nitrogen and oxygen atoms in total. The summed E-state index contributed by atoms with van der Waals surface area (Å²) in [7, 11) is 0. The van der Waals surface area contributed by atoms with E-state index in [-0.39, 0.29) is 24.0 Å². The number of hydrogen-bond acceptors (Lipinski definition) is 3. The number of hydrogen-bond donors (Lipinski definition) is 4. The van der Waals surface area contributed by atoms with Crippen molar-refractivity contribution in [2.75, 3.05) is 5.73 Å². The second kappa shape index (κ2) is 9.44. The molecule has 138 valence electrons. The predicted molar refractivity (Wildman–Crippen MR) is 104 cm³/mol. The minimum absolute atomic E-state index is 0.0607. The van der Waals surface area contributed by atoms with Crippen molar-refractivity contribution in [2.24, 2.45) is 5.92 Å². The standard InChI is InChI=1S/C20H32N4O/c1-3-4-7-14(2)23-20(25)24-16-12-10-15(11-13-16)19(22)17-8-5-6-9-18(17)21/h5-6,8-9,14-16,22H,3-4,7,10-13,21H2,1-2H3,(H2,23,24,25). The molecular weight excluding hydrogens is 312 g/mol. The summed E-state index contributed by atoms with van der Waals surface area (Å²) in [5.74, 6) is 0.231. The van der Waals surface area contributed by atoms with E-state index in [1.165, 1.54) is 0 Å². The Morgan fingerprint density at radius 2 is 1.96 bits per heavy atom. The van der Waals surface area contributed by atoms with Crippen LogP contribution in [0.5, 0.6) is 0 Å². The van der Waals surface area contributed by atoms with E-state index in [0.717, 1.165) is 50.5 Å². The molecule has 25 heavy (non-hydrogen) atoms. The number of benzene rings is 1. The molecule has 1 aromatic carbocycles. The highest BCUT2D eigenvalue weighted by Crippen LogP contribution is 2.29. The van der Waals surface area contributed by atoms with Gasteiger partial charge in [-0.05, 0) is 45.1 Å². The number of carbonyl (C=O) groups excluding carboxylic acids is 1. The van der Waals surface area contributed by atoms with Gasteiger partial charge in [0.25, 0.3) is 0 Å². The molecule has 5 N–H and O–H groups in total. The molecule has 1 unspecified atom stereocenters. The number of unbranched alkanes of at least 4 members (excludes halogenated alkanes) is 1. The second-order valence-corrected chi connectivity index (χ2v) is 7.21. The van der Waals surface area contributed by atoms with Crippen LogP contribution in [0.3, 0.4) is 0 Å². The summed E-state index contributed by atoms with van der Waals surface area (Å²) in [6.45, 7) is 4.21. The summed E-state index contributed by atoms with van der Waals surface area (Å²) >= 11 is 0. The van der Waals surface area contributed by atoms with Gasteiger partial charge in [0.1, 0.15) is 0 Å². The lowest BCUT2D eigenvalue weighted by atomic mass is 9.81. The molecule has 1 fully saturated rings. The SMILES string of the molecule is CCCCC(C)NC(=O)NC1CCC(C(=N)c2ccccc2N)CC1. The summed E-state index contributed by atoms with van der Waals surface area (Å²) in [6, 6.07) is 7.95. The Morgan fingerprint density at radius 1 is 1.28 bits per heavy atom. The normalized spacial score (nSPS) is 21.4. The van der Waals surface area contributed by atoms with Crippen molar-refractivity contribution in [1.29, 1.82) is 5.41 Å². The average molecular weight is 345 g/mol. The Hall–Kier alpha value is -2.04. The van der Waals surface area contributed by atoms with Crippen LogP contribution in [0.2, 0.25) is 0 Å². The van der Waals surface area contributed by atoms with Gasteiger partial charge in [0.2, 0.25) is 0 Å². The van der Waals surface area contributed by atoms with Gasteiger partial charge in [0.15, 0.2) is 0 Å². The van der Waals surface area contributed by atoms with E-state index in [0.29, 0.717) is 11.4 Å². The van der Waals surface area contributed by atoms with Crippen LogP contribution in [-0.2, 0) is 0 Å². The molecule has 0 aliphatic heterocycles. The molecule has 1 aliphatic carbocycles. The number of urea groups is 1. The second-order valence-electron chi connectivity index (χ2n) is 7.21. The summed E-state index contributed by atoms with van der Waals surface area (Å²) in [6.07, 6.45) is 6.97. The van der Waals surface area contributed by atoms with Gasteiger partial charge in [-0.15, -0.1) is 0 Å². The van der Waals surface area contributed by atoms with Gasteiger partial charge in [-0.3, -0.25) is 0 Å². The van der Waals surface area contributed by atoms with Gasteiger partial charge in [-0.25, -0.2) is 4.79 Å². The first-order valence-electron chi connectivity index (χ1n) is 9.51. The van der Waals surface area contributed by atoms with Gasteiger partial charge in [0, 0.05) is 35.0 Å². The molecule has 1 saturated carbocycles. The Bertz CT molecular complexity index is 579. The van der Waals surface area contributed by atoms with E-state index in [1.54, 1.807) is 0 Å². The Morgan fingerprint density at radius 3 is 2.60 bits per heavy atom. The van der Waals surface area contributed by atoms with Crippen molar-refractivity contribution in [1.82, 2.24) is 10.6 Å². The van der Waals surface area contributed by atoms with Crippen molar-refractivity contribution in [3.05, 3.63) is 29.8 Å². The van der Waals surface area contributed by atoms with Crippen LogP contribution in [0, 0.1) is 11.3 Å². The first kappa shape index (κ1) is 19.3. The molecule has 0 saturated heterocycles. The zero-order valence-corrected chi connectivity index (χ0v) is 15.5. The third-order valence-corrected chi connectivity index (χ3v) is 5.09. The van der Waals surface area contributed by atoms with Crippen molar-refractivity contribution in [2.45, 2.75) is 70.9 Å². The van der Waals surface area contributed by atoms with Crippen molar-refractivity contribution in [3.63, 3.8) is 0 Å². The number of carbonyl (C=O) groups is 1. The molecule has 1 atom stereocenters. The Labute approximate surface area is 151 Å². The fraction of sp³-hybridized carbons (Fsp3) is 0.600. The van der Waals surface area contributed by atoms with Gasteiger partial charge in [0.05, 0.1) is 0 Å². The largest absolute Gasteiger partial charge is 0.398 e. The van der Waals surface area contributed by atoms with Crippen molar-refractivity contribution >= 4 is 17.4 Å². The fourth-order valence-corrected chi connectivity index (χ4v) is 3.52. The molecule has 0 spiro atoms. The van der Waals surface area contributed by atoms with E-state index < -0.39 is 0 Å². The van der Waals surface area contributed by atoms with E-state index in [4.69, 9.17) is 11.1 Å². The maximum atomic E-state index is 12.1. The smallest absolute Gasteiger partial charge is 0.315 e. The van der Waals surface area contributed by atoms with E-state index >= 15 is 0 Å². The summed E-state index contributed by atoms with van der Waals surface area (Å²) in [5.41, 5.74) is 8.15. The highest BCUT2D eigenvalue weighted by atomic mass is 16.2. The zero-order valence-electron chi connectivity index (χ0n) is 15.5. The van der Waals surface area contributed by atoms with Crippen LogP contribution in [0.25, 0.3) is 0 Å². The molecule has 2 rings (SSSR count). The molecule has 0 aromatic heterocycles. The minimum atomic E-state index is -0.0607. The fourth-order valence-electron chi connectivity index (χ4n) is 3.52. The summed E-state index contributed by atoms with van der Waals surface area (Å²) < 4.78 is 0. The van der Waals surface area contributed by atoms with Crippen molar-refractivity contribution < 1.29 is 4.79 Å². The predicted octanol–water partition coefficient (Wildman–Crippen LogP) is 4.07. The van der Waals surface area contributed by atoms with Crippen molar-refractivity contribution in [3.8, 4) is 0 Å². The number of nitrogen functional groups attached to an aromatic ring is 1. The van der Waals surface area contributed by atoms with Crippen LogP contribution in [0.15, 0.2) is 24.3 Å². The van der Waals surface area contributed by atoms with E-state index in [9.17, 15) is 4.79 Å². The quantitative estimate of drug-likeness (QED) is 0.443. The summed E-state index contributed by atoms with van der Waals surface area (Å²) in [5, 5.41) is 14.6.